The minimum absolute atomic E-state index is 0.726. The molecular weight excluding hydrogens is 697 g/mol. The number of aromatic nitrogens is 4. The van der Waals surface area contributed by atoms with Gasteiger partial charge in [0.25, 0.3) is 0 Å². The highest BCUT2D eigenvalue weighted by Crippen LogP contribution is 2.49. The number of thiophene rings is 1. The summed E-state index contributed by atoms with van der Waals surface area (Å²) in [7, 11) is 0. The van der Waals surface area contributed by atoms with Crippen LogP contribution in [0.3, 0.4) is 0 Å². The fourth-order valence-corrected chi connectivity index (χ4v) is 10.5. The van der Waals surface area contributed by atoms with Gasteiger partial charge >= 0.3 is 0 Å². The van der Waals surface area contributed by atoms with E-state index in [-0.39, 0.29) is 0 Å². The normalized spacial score (nSPS) is 12.4. The molecule has 4 aromatic heterocycles. The van der Waals surface area contributed by atoms with Crippen LogP contribution in [0.15, 0.2) is 180 Å². The molecule has 4 nitrogen and oxygen atoms in total. The van der Waals surface area contributed by atoms with E-state index in [9.17, 15) is 0 Å². The summed E-state index contributed by atoms with van der Waals surface area (Å²) >= 11 is 3.59. The lowest BCUT2D eigenvalue weighted by Gasteiger charge is -2.21. The predicted molar refractivity (Wildman–Crippen MR) is 227 cm³/mol. The topological polar surface area (TPSA) is 35.6 Å². The molecule has 0 saturated carbocycles. The van der Waals surface area contributed by atoms with Crippen molar-refractivity contribution in [2.75, 3.05) is 0 Å². The Hall–Kier alpha value is -6.47. The summed E-state index contributed by atoms with van der Waals surface area (Å²) in [4.78, 5) is 14.1. The van der Waals surface area contributed by atoms with E-state index in [1.807, 2.05) is 11.8 Å². The molecule has 0 amide bonds. The van der Waals surface area contributed by atoms with Crippen LogP contribution in [0.5, 0.6) is 0 Å². The molecule has 1 aliphatic heterocycles. The number of benzene rings is 7. The minimum atomic E-state index is 0.726. The number of nitrogens with zero attached hydrogens (tertiary/aromatic N) is 4. The van der Waals surface area contributed by atoms with Crippen molar-refractivity contribution in [2.45, 2.75) is 9.79 Å². The fourth-order valence-electron chi connectivity index (χ4n) is 8.36. The first-order valence-electron chi connectivity index (χ1n) is 18.1. The Bertz CT molecular complexity index is 3280. The molecule has 0 unspecified atom stereocenters. The highest BCUT2D eigenvalue weighted by atomic mass is 32.2. The van der Waals surface area contributed by atoms with Crippen LogP contribution in [0, 0.1) is 0 Å². The van der Waals surface area contributed by atoms with Crippen LogP contribution in [-0.2, 0) is 0 Å². The summed E-state index contributed by atoms with van der Waals surface area (Å²) in [5, 5.41) is 6.12. The second-order valence-corrected chi connectivity index (χ2v) is 15.9. The first-order valence-corrected chi connectivity index (χ1v) is 19.7. The number of rotatable bonds is 4. The van der Waals surface area contributed by atoms with Gasteiger partial charge in [0.2, 0.25) is 0 Å². The van der Waals surface area contributed by atoms with Gasteiger partial charge in [-0.1, -0.05) is 127 Å². The Morgan fingerprint density at radius 3 is 1.98 bits per heavy atom. The van der Waals surface area contributed by atoms with Gasteiger partial charge in [-0.3, -0.25) is 9.13 Å². The van der Waals surface area contributed by atoms with Gasteiger partial charge in [0.05, 0.1) is 22.4 Å². The zero-order valence-electron chi connectivity index (χ0n) is 28.8. The van der Waals surface area contributed by atoms with E-state index in [1.165, 1.54) is 69.5 Å². The first-order chi connectivity index (χ1) is 26.8. The number of hydrogen-bond acceptors (Lipinski definition) is 4. The maximum atomic E-state index is 5.34. The Labute approximate surface area is 318 Å². The number of para-hydroxylation sites is 3. The molecule has 0 spiro atoms. The van der Waals surface area contributed by atoms with E-state index in [0.717, 1.165) is 38.5 Å². The number of hydrogen-bond donors (Lipinski definition) is 0. The second kappa shape index (κ2) is 11.5. The van der Waals surface area contributed by atoms with Gasteiger partial charge in [-0.05, 0) is 65.7 Å². The third kappa shape index (κ3) is 4.32. The quantitative estimate of drug-likeness (QED) is 0.181. The lowest BCUT2D eigenvalue weighted by Crippen LogP contribution is -2.05. The molecule has 0 radical (unpaired) electrons. The van der Waals surface area contributed by atoms with Crippen LogP contribution in [0.2, 0.25) is 0 Å². The fraction of sp³-hybridized carbons (Fsp3) is 0. The molecule has 11 aromatic rings. The van der Waals surface area contributed by atoms with Crippen LogP contribution in [0.1, 0.15) is 0 Å². The smallest absolute Gasteiger partial charge is 0.161 e. The van der Waals surface area contributed by atoms with Gasteiger partial charge in [-0.25, -0.2) is 9.97 Å². The first kappa shape index (κ1) is 30.0. The second-order valence-electron chi connectivity index (χ2n) is 13.8. The molecule has 0 aliphatic carbocycles. The lowest BCUT2D eigenvalue weighted by molar-refractivity contribution is 1.03. The summed E-state index contributed by atoms with van der Waals surface area (Å²) in [5.74, 6) is 0.726. The Balaban J connectivity index is 1.05. The van der Waals surface area contributed by atoms with Crippen molar-refractivity contribution in [1.82, 2.24) is 19.1 Å². The highest BCUT2D eigenvalue weighted by Gasteiger charge is 2.27. The lowest BCUT2D eigenvalue weighted by atomic mass is 10.0. The van der Waals surface area contributed by atoms with Crippen molar-refractivity contribution in [2.24, 2.45) is 0 Å². The van der Waals surface area contributed by atoms with E-state index < -0.39 is 0 Å². The monoisotopic (exact) mass is 724 g/mol. The van der Waals surface area contributed by atoms with Crippen LogP contribution in [-0.4, -0.2) is 19.1 Å². The van der Waals surface area contributed by atoms with Gasteiger partial charge in [0, 0.05) is 58.2 Å². The zero-order valence-corrected chi connectivity index (χ0v) is 30.4. The zero-order chi connectivity index (χ0) is 35.3. The maximum Gasteiger partial charge on any atom is 0.161 e. The molecule has 0 fully saturated rings. The molecule has 252 valence electrons. The molecule has 5 heterocycles. The van der Waals surface area contributed by atoms with Crippen molar-refractivity contribution in [3.63, 3.8) is 0 Å². The molecule has 12 rings (SSSR count). The molecule has 0 bridgehead atoms. The summed E-state index contributed by atoms with van der Waals surface area (Å²) in [5.41, 5.74) is 11.4. The van der Waals surface area contributed by atoms with Crippen molar-refractivity contribution in [1.29, 1.82) is 0 Å². The van der Waals surface area contributed by atoms with Crippen molar-refractivity contribution >= 4 is 76.2 Å². The molecule has 0 saturated heterocycles. The van der Waals surface area contributed by atoms with E-state index in [0.29, 0.717) is 0 Å². The van der Waals surface area contributed by atoms with Crippen molar-refractivity contribution in [3.8, 4) is 45.1 Å². The molecule has 1 aliphatic rings. The van der Waals surface area contributed by atoms with Crippen LogP contribution >= 0.6 is 23.1 Å². The average molecular weight is 725 g/mol. The average Bonchev–Trinajstić information content (AvgIpc) is 3.90. The molecule has 7 aromatic carbocycles. The third-order valence-electron chi connectivity index (χ3n) is 10.8. The molecular formula is C48H28N4S2. The molecule has 0 N–H and O–H groups in total. The molecule has 6 heteroatoms. The largest absolute Gasteiger partial charge is 0.295 e. The Morgan fingerprint density at radius 2 is 1.11 bits per heavy atom. The van der Waals surface area contributed by atoms with Crippen LogP contribution in [0.25, 0.3) is 98.3 Å². The predicted octanol–water partition coefficient (Wildman–Crippen LogP) is 13.4. The minimum Gasteiger partial charge on any atom is -0.295 e. The number of fused-ring (bicyclic) bond motifs is 10. The van der Waals surface area contributed by atoms with Gasteiger partial charge in [-0.15, -0.1) is 11.3 Å². The highest BCUT2D eigenvalue weighted by molar-refractivity contribution is 7.99. The van der Waals surface area contributed by atoms with E-state index in [1.54, 1.807) is 11.3 Å². The summed E-state index contributed by atoms with van der Waals surface area (Å²) in [6.07, 6.45) is 0. The Kier molecular flexibility index (Phi) is 6.40. The summed E-state index contributed by atoms with van der Waals surface area (Å²) in [6.45, 7) is 0. The van der Waals surface area contributed by atoms with Gasteiger partial charge in [0.1, 0.15) is 10.5 Å². The summed E-state index contributed by atoms with van der Waals surface area (Å²) < 4.78 is 6.13. The maximum absolute atomic E-state index is 5.34. The van der Waals surface area contributed by atoms with Gasteiger partial charge < -0.3 is 0 Å². The standard InChI is InChI=1S/C48H28N4S2/c1-2-11-29(12-3-1)30-21-23-31(24-22-30)44-43-35-14-5-8-18-39(35)54-47(43)50-46(49-44)32-25-27-33(28-26-32)51-37-16-6-4-13-34(37)42-36-15-10-20-41-45(36)52(48(42)51)38-17-7-9-19-40(38)53-41/h1-28H. The van der Waals surface area contributed by atoms with E-state index in [2.05, 4.69) is 179 Å². The van der Waals surface area contributed by atoms with Crippen molar-refractivity contribution < 1.29 is 0 Å². The van der Waals surface area contributed by atoms with Crippen molar-refractivity contribution in [3.05, 3.63) is 170 Å². The summed E-state index contributed by atoms with van der Waals surface area (Å²) in [6, 6.07) is 61.0. The van der Waals surface area contributed by atoms with E-state index >= 15 is 0 Å². The van der Waals surface area contributed by atoms with Gasteiger partial charge in [0.15, 0.2) is 5.82 Å². The molecule has 54 heavy (non-hydrogen) atoms. The Morgan fingerprint density at radius 1 is 0.444 bits per heavy atom. The third-order valence-corrected chi connectivity index (χ3v) is 12.9. The molecule has 0 atom stereocenters. The van der Waals surface area contributed by atoms with E-state index in [4.69, 9.17) is 9.97 Å². The SMILES string of the molecule is c1ccc(-c2ccc(-c3nc(-c4ccc(-n5c6ccccc6c6c7cccc8c7n(c65)-c5ccccc5S8)cc4)nc4sc5ccccc5c34)cc2)cc1. The van der Waals surface area contributed by atoms with Crippen LogP contribution in [0.4, 0.5) is 0 Å². The van der Waals surface area contributed by atoms with Crippen LogP contribution < -0.4 is 0 Å². The van der Waals surface area contributed by atoms with Gasteiger partial charge in [-0.2, -0.15) is 0 Å².